The normalized spacial score (nSPS) is 16.9. The van der Waals surface area contributed by atoms with Crippen molar-refractivity contribution in [3.63, 3.8) is 0 Å². The number of hydrogen-bond acceptors (Lipinski definition) is 7. The number of halogens is 1. The maximum absolute atomic E-state index is 14.8. The van der Waals surface area contributed by atoms with Crippen molar-refractivity contribution in [2.45, 2.75) is 27.2 Å². The summed E-state index contributed by atoms with van der Waals surface area (Å²) in [5, 5.41) is 3.31. The number of rotatable bonds is 11. The van der Waals surface area contributed by atoms with Crippen LogP contribution in [0.4, 0.5) is 10.1 Å². The van der Waals surface area contributed by atoms with E-state index >= 15 is 0 Å². The first kappa shape index (κ1) is 24.7. The van der Waals surface area contributed by atoms with Gasteiger partial charge in [-0.3, -0.25) is 4.79 Å². The lowest BCUT2D eigenvalue weighted by Gasteiger charge is -2.19. The van der Waals surface area contributed by atoms with Gasteiger partial charge in [-0.25, -0.2) is 14.4 Å². The lowest BCUT2D eigenvalue weighted by molar-refractivity contribution is -0.117. The highest BCUT2D eigenvalue weighted by Gasteiger charge is 2.39. The molecule has 1 amide bonds. The third-order valence-corrected chi connectivity index (χ3v) is 6.30. The molecule has 4 rings (SSSR count). The van der Waals surface area contributed by atoms with E-state index in [4.69, 9.17) is 14.2 Å². The number of nitrogens with one attached hydrogen (secondary N) is 1. The van der Waals surface area contributed by atoms with Gasteiger partial charge in [0.2, 0.25) is 11.8 Å². The molecule has 9 heteroatoms. The minimum atomic E-state index is -0.610. The number of ether oxygens (including phenoxy) is 3. The second-order valence-electron chi connectivity index (χ2n) is 8.63. The number of fused-ring (bicyclic) bond motifs is 1. The van der Waals surface area contributed by atoms with Crippen molar-refractivity contribution in [1.82, 2.24) is 14.9 Å². The van der Waals surface area contributed by atoms with Crippen LogP contribution in [0.1, 0.15) is 27.2 Å². The van der Waals surface area contributed by atoms with E-state index in [0.717, 1.165) is 26.1 Å². The molecule has 1 aromatic heterocycles. The van der Waals surface area contributed by atoms with Gasteiger partial charge in [-0.1, -0.05) is 20.8 Å². The van der Waals surface area contributed by atoms with Crippen LogP contribution in [-0.2, 0) is 4.79 Å². The Balaban J connectivity index is 1.52. The summed E-state index contributed by atoms with van der Waals surface area (Å²) in [6, 6.07) is 7.80. The van der Waals surface area contributed by atoms with Crippen molar-refractivity contribution in [3.8, 4) is 23.1 Å². The van der Waals surface area contributed by atoms with E-state index in [9.17, 15) is 9.18 Å². The van der Waals surface area contributed by atoms with Crippen LogP contribution < -0.4 is 19.5 Å². The zero-order chi connectivity index (χ0) is 24.9. The van der Waals surface area contributed by atoms with Crippen molar-refractivity contribution in [2.75, 3.05) is 38.7 Å². The van der Waals surface area contributed by atoms with Crippen molar-refractivity contribution in [2.24, 2.45) is 11.8 Å². The Morgan fingerprint density at radius 2 is 1.91 bits per heavy atom. The Hall–Kier alpha value is -3.46. The van der Waals surface area contributed by atoms with Crippen LogP contribution in [0, 0.1) is 17.7 Å². The Bertz CT molecular complexity index is 1200. The molecule has 0 aliphatic heterocycles. The predicted octanol–water partition coefficient (Wildman–Crippen LogP) is 4.88. The fourth-order valence-corrected chi connectivity index (χ4v) is 3.91. The largest absolute Gasteiger partial charge is 0.493 e. The van der Waals surface area contributed by atoms with Gasteiger partial charge >= 0.3 is 0 Å². The molecular weight excluding hydrogens is 451 g/mol. The molecule has 1 heterocycles. The van der Waals surface area contributed by atoms with Crippen LogP contribution in [0.2, 0.25) is 0 Å². The Labute approximate surface area is 204 Å². The number of likely N-dealkylation sites (N-methyl/N-ethyl adjacent to an activating group) is 1. The van der Waals surface area contributed by atoms with Gasteiger partial charge in [0.25, 0.3) is 0 Å². The molecule has 3 aromatic rings. The minimum absolute atomic E-state index is 0.00227. The molecular formula is C26H31FN4O4. The molecule has 186 valence electrons. The van der Waals surface area contributed by atoms with Gasteiger partial charge in [0.05, 0.1) is 18.0 Å². The van der Waals surface area contributed by atoms with Gasteiger partial charge in [0.15, 0.2) is 23.1 Å². The van der Waals surface area contributed by atoms with E-state index in [1.54, 1.807) is 25.3 Å². The van der Waals surface area contributed by atoms with Crippen LogP contribution in [0.25, 0.3) is 10.9 Å². The van der Waals surface area contributed by atoms with E-state index in [0.29, 0.717) is 40.6 Å². The van der Waals surface area contributed by atoms with Crippen molar-refractivity contribution in [1.29, 1.82) is 0 Å². The Morgan fingerprint density at radius 1 is 1.14 bits per heavy atom. The number of nitrogens with zero attached hydrogens (tertiary/aromatic N) is 3. The van der Waals surface area contributed by atoms with Gasteiger partial charge in [0.1, 0.15) is 12.9 Å². The summed E-state index contributed by atoms with van der Waals surface area (Å²) in [6.07, 6.45) is 2.22. The number of benzene rings is 2. The molecule has 1 aliphatic rings. The zero-order valence-corrected chi connectivity index (χ0v) is 20.5. The molecule has 2 atom stereocenters. The van der Waals surface area contributed by atoms with Crippen molar-refractivity contribution < 1.29 is 23.4 Å². The standard InChI is InChI=1S/C26H31FN4O4/c1-5-31(6-2)9-10-34-24-14-21-19(13-23(24)33-4)26(29-15-28-21)35-22-8-7-17(12-20(22)27)30-25(32)18-11-16(18)3/h7-8,12-16,18H,5-6,9-11H2,1-4H3,(H,30,32)/t16-,18?/m1/s1. The SMILES string of the molecule is CCN(CC)CCOc1cc2ncnc(Oc3ccc(NC(=O)C4C[C@H]4C)cc3F)c2cc1OC. The molecule has 0 bridgehead atoms. The molecule has 0 radical (unpaired) electrons. The van der Waals surface area contributed by atoms with E-state index in [-0.39, 0.29) is 23.5 Å². The van der Waals surface area contributed by atoms with Gasteiger partial charge in [-0.2, -0.15) is 0 Å². The smallest absolute Gasteiger partial charge is 0.230 e. The van der Waals surface area contributed by atoms with Gasteiger partial charge in [-0.15, -0.1) is 0 Å². The molecule has 1 saturated carbocycles. The number of carbonyl (C=O) groups excluding carboxylic acids is 1. The van der Waals surface area contributed by atoms with Gasteiger partial charge < -0.3 is 24.4 Å². The first-order valence-electron chi connectivity index (χ1n) is 11.9. The number of carbonyl (C=O) groups is 1. The minimum Gasteiger partial charge on any atom is -0.493 e. The number of amides is 1. The van der Waals surface area contributed by atoms with Gasteiger partial charge in [-0.05, 0) is 43.6 Å². The Kier molecular flexibility index (Phi) is 7.65. The van der Waals surface area contributed by atoms with Crippen molar-refractivity contribution in [3.05, 3.63) is 42.5 Å². The van der Waals surface area contributed by atoms with Crippen LogP contribution in [0.3, 0.4) is 0 Å². The van der Waals surface area contributed by atoms with Crippen LogP contribution >= 0.6 is 0 Å². The number of methoxy groups -OCH3 is 1. The maximum atomic E-state index is 14.8. The predicted molar refractivity (Wildman–Crippen MR) is 132 cm³/mol. The summed E-state index contributed by atoms with van der Waals surface area (Å²) in [4.78, 5) is 22.9. The lowest BCUT2D eigenvalue weighted by atomic mass is 10.2. The quantitative estimate of drug-likeness (QED) is 0.417. The lowest BCUT2D eigenvalue weighted by Crippen LogP contribution is -2.27. The molecule has 0 saturated heterocycles. The second-order valence-corrected chi connectivity index (χ2v) is 8.63. The number of hydrogen-bond donors (Lipinski definition) is 1. The van der Waals surface area contributed by atoms with Crippen LogP contribution in [0.5, 0.6) is 23.1 Å². The summed E-state index contributed by atoms with van der Waals surface area (Å²) in [5.41, 5.74) is 0.969. The second kappa shape index (κ2) is 10.9. The first-order valence-corrected chi connectivity index (χ1v) is 11.9. The highest BCUT2D eigenvalue weighted by atomic mass is 19.1. The van der Waals surface area contributed by atoms with Gasteiger partial charge in [0, 0.05) is 30.3 Å². The third kappa shape index (κ3) is 5.79. The average Bonchev–Trinajstić information content (AvgIpc) is 3.60. The van der Waals surface area contributed by atoms with E-state index in [1.165, 1.54) is 18.5 Å². The molecule has 1 unspecified atom stereocenters. The van der Waals surface area contributed by atoms with Crippen LogP contribution in [0.15, 0.2) is 36.7 Å². The van der Waals surface area contributed by atoms with E-state index in [2.05, 4.69) is 34.0 Å². The molecule has 35 heavy (non-hydrogen) atoms. The summed E-state index contributed by atoms with van der Waals surface area (Å²) >= 11 is 0. The third-order valence-electron chi connectivity index (χ3n) is 6.30. The molecule has 1 aliphatic carbocycles. The average molecular weight is 483 g/mol. The molecule has 2 aromatic carbocycles. The van der Waals surface area contributed by atoms with E-state index in [1.807, 2.05) is 6.92 Å². The fraction of sp³-hybridized carbons (Fsp3) is 0.423. The molecule has 8 nitrogen and oxygen atoms in total. The first-order chi connectivity index (χ1) is 16.9. The summed E-state index contributed by atoms with van der Waals surface area (Å²) in [6.45, 7) is 9.44. The Morgan fingerprint density at radius 3 is 2.57 bits per heavy atom. The van der Waals surface area contributed by atoms with E-state index < -0.39 is 5.82 Å². The van der Waals surface area contributed by atoms with Crippen LogP contribution in [-0.4, -0.2) is 54.1 Å². The number of anilines is 1. The summed E-state index contributed by atoms with van der Waals surface area (Å²) < 4.78 is 32.1. The topological polar surface area (TPSA) is 85.8 Å². The summed E-state index contributed by atoms with van der Waals surface area (Å²) in [5.74, 6) is 0.918. The molecule has 0 spiro atoms. The molecule has 1 fully saturated rings. The zero-order valence-electron chi connectivity index (χ0n) is 20.5. The molecule has 1 N–H and O–H groups in total. The highest BCUT2D eigenvalue weighted by Crippen LogP contribution is 2.39. The van der Waals surface area contributed by atoms with Crippen molar-refractivity contribution >= 4 is 22.5 Å². The highest BCUT2D eigenvalue weighted by molar-refractivity contribution is 5.94. The summed E-state index contributed by atoms with van der Waals surface area (Å²) in [7, 11) is 1.55. The fourth-order valence-electron chi connectivity index (χ4n) is 3.91. The maximum Gasteiger partial charge on any atom is 0.230 e. The monoisotopic (exact) mass is 482 g/mol. The number of aromatic nitrogens is 2.